The third kappa shape index (κ3) is 4.31. The van der Waals surface area contributed by atoms with Crippen LogP contribution in [0.1, 0.15) is 19.4 Å². The highest BCUT2D eigenvalue weighted by atomic mass is 32.2. The maximum absolute atomic E-state index is 5.65. The maximum Gasteiger partial charge on any atom is 0.231 e. The van der Waals surface area contributed by atoms with Crippen LogP contribution < -0.4 is 9.47 Å². The van der Waals surface area contributed by atoms with E-state index in [2.05, 4.69) is 33.0 Å². The van der Waals surface area contributed by atoms with Crippen LogP contribution in [0.5, 0.6) is 11.5 Å². The van der Waals surface area contributed by atoms with Crippen LogP contribution in [0.4, 0.5) is 0 Å². The Kier molecular flexibility index (Phi) is 5.83. The number of rotatable bonds is 8. The van der Waals surface area contributed by atoms with Crippen molar-refractivity contribution < 1.29 is 14.2 Å². The van der Waals surface area contributed by atoms with Crippen LogP contribution in [-0.4, -0.2) is 40.0 Å². The molecule has 3 aromatic rings. The van der Waals surface area contributed by atoms with E-state index in [4.69, 9.17) is 14.2 Å². The molecule has 2 aromatic carbocycles. The standard InChI is InChI=1S/C21H23N3O3S/c1-15(2)25-10-11-28-21-23-22-20(17-6-4-3-5-7-17)24(21)13-16-8-9-18-19(12-16)27-14-26-18/h3-9,12,15H,10-11,13-14H2,1-2H3. The molecule has 1 aliphatic heterocycles. The molecule has 0 bridgehead atoms. The molecule has 0 fully saturated rings. The van der Waals surface area contributed by atoms with Crippen molar-refractivity contribution >= 4 is 11.8 Å². The van der Waals surface area contributed by atoms with Crippen molar-refractivity contribution in [3.63, 3.8) is 0 Å². The number of hydrogen-bond acceptors (Lipinski definition) is 6. The molecule has 0 saturated heterocycles. The van der Waals surface area contributed by atoms with Gasteiger partial charge in [-0.3, -0.25) is 4.57 Å². The van der Waals surface area contributed by atoms with Crippen molar-refractivity contribution in [2.24, 2.45) is 0 Å². The molecule has 0 saturated carbocycles. The van der Waals surface area contributed by atoms with E-state index in [9.17, 15) is 0 Å². The summed E-state index contributed by atoms with van der Waals surface area (Å²) in [6.45, 7) is 5.69. The Morgan fingerprint density at radius 2 is 1.89 bits per heavy atom. The third-order valence-corrected chi connectivity index (χ3v) is 5.22. The van der Waals surface area contributed by atoms with Gasteiger partial charge >= 0.3 is 0 Å². The minimum absolute atomic E-state index is 0.229. The topological polar surface area (TPSA) is 58.4 Å². The molecule has 0 N–H and O–H groups in total. The van der Waals surface area contributed by atoms with Gasteiger partial charge in [-0.25, -0.2) is 0 Å². The first kappa shape index (κ1) is 18.8. The molecule has 4 rings (SSSR count). The lowest BCUT2D eigenvalue weighted by Gasteiger charge is -2.12. The molecule has 6 nitrogen and oxygen atoms in total. The minimum atomic E-state index is 0.229. The highest BCUT2D eigenvalue weighted by Gasteiger charge is 2.17. The summed E-state index contributed by atoms with van der Waals surface area (Å²) in [5, 5.41) is 9.79. The summed E-state index contributed by atoms with van der Waals surface area (Å²) in [6, 6.07) is 16.2. The maximum atomic E-state index is 5.65. The Morgan fingerprint density at radius 3 is 2.71 bits per heavy atom. The fraction of sp³-hybridized carbons (Fsp3) is 0.333. The average molecular weight is 398 g/mol. The molecular weight excluding hydrogens is 374 g/mol. The number of aromatic nitrogens is 3. The highest BCUT2D eigenvalue weighted by Crippen LogP contribution is 2.33. The summed E-state index contributed by atoms with van der Waals surface area (Å²) in [7, 11) is 0. The van der Waals surface area contributed by atoms with Gasteiger partial charge in [-0.2, -0.15) is 0 Å². The monoisotopic (exact) mass is 397 g/mol. The second-order valence-corrected chi connectivity index (χ2v) is 7.78. The van der Waals surface area contributed by atoms with Gasteiger partial charge in [-0.1, -0.05) is 48.2 Å². The van der Waals surface area contributed by atoms with Crippen molar-refractivity contribution in [3.05, 3.63) is 54.1 Å². The van der Waals surface area contributed by atoms with Crippen LogP contribution in [0.15, 0.2) is 53.7 Å². The lowest BCUT2D eigenvalue weighted by molar-refractivity contribution is 0.0920. The normalized spacial score (nSPS) is 12.7. The molecule has 1 aromatic heterocycles. The number of nitrogens with zero attached hydrogens (tertiary/aromatic N) is 3. The van der Waals surface area contributed by atoms with Gasteiger partial charge in [0.2, 0.25) is 6.79 Å². The van der Waals surface area contributed by atoms with Gasteiger partial charge in [-0.15, -0.1) is 10.2 Å². The van der Waals surface area contributed by atoms with E-state index in [-0.39, 0.29) is 12.9 Å². The van der Waals surface area contributed by atoms with Crippen molar-refractivity contribution in [1.82, 2.24) is 14.8 Å². The molecule has 0 aliphatic carbocycles. The number of thioether (sulfide) groups is 1. The largest absolute Gasteiger partial charge is 0.454 e. The van der Waals surface area contributed by atoms with Crippen LogP contribution in [-0.2, 0) is 11.3 Å². The van der Waals surface area contributed by atoms with E-state index in [0.29, 0.717) is 13.2 Å². The van der Waals surface area contributed by atoms with Crippen molar-refractivity contribution in [3.8, 4) is 22.9 Å². The lowest BCUT2D eigenvalue weighted by Crippen LogP contribution is -2.07. The Bertz CT molecular complexity index is 928. The van der Waals surface area contributed by atoms with E-state index in [1.54, 1.807) is 11.8 Å². The first-order valence-electron chi connectivity index (χ1n) is 9.32. The van der Waals surface area contributed by atoms with Crippen LogP contribution in [0, 0.1) is 0 Å². The van der Waals surface area contributed by atoms with Gasteiger partial charge < -0.3 is 14.2 Å². The number of fused-ring (bicyclic) bond motifs is 1. The Hall–Kier alpha value is -2.51. The van der Waals surface area contributed by atoms with E-state index in [1.807, 2.05) is 44.2 Å². The number of benzene rings is 2. The smallest absolute Gasteiger partial charge is 0.231 e. The zero-order valence-electron chi connectivity index (χ0n) is 16.0. The SMILES string of the molecule is CC(C)OCCSc1nnc(-c2ccccc2)n1Cc1ccc2c(c1)OCO2. The second kappa shape index (κ2) is 8.67. The predicted octanol–water partition coefficient (Wildman–Crippen LogP) is 4.24. The predicted molar refractivity (Wildman–Crippen MR) is 109 cm³/mol. The third-order valence-electron chi connectivity index (χ3n) is 4.29. The molecule has 0 unspecified atom stereocenters. The van der Waals surface area contributed by atoms with Gasteiger partial charge in [0.1, 0.15) is 0 Å². The number of hydrogen-bond donors (Lipinski definition) is 0. The van der Waals surface area contributed by atoms with Gasteiger partial charge in [0.15, 0.2) is 22.5 Å². The Labute approximate surface area is 168 Å². The Morgan fingerprint density at radius 1 is 1.07 bits per heavy atom. The minimum Gasteiger partial charge on any atom is -0.454 e. The summed E-state index contributed by atoms with van der Waals surface area (Å²) in [5.74, 6) is 3.25. The zero-order chi connectivity index (χ0) is 19.3. The average Bonchev–Trinajstić information content (AvgIpc) is 3.32. The molecule has 0 spiro atoms. The lowest BCUT2D eigenvalue weighted by atomic mass is 10.2. The van der Waals surface area contributed by atoms with E-state index in [1.165, 1.54) is 0 Å². The fourth-order valence-electron chi connectivity index (χ4n) is 2.98. The quantitative estimate of drug-likeness (QED) is 0.419. The van der Waals surface area contributed by atoms with E-state index in [0.717, 1.165) is 39.4 Å². The summed E-state index contributed by atoms with van der Waals surface area (Å²) in [4.78, 5) is 0. The van der Waals surface area contributed by atoms with Crippen LogP contribution in [0.25, 0.3) is 11.4 Å². The molecule has 146 valence electrons. The fourth-order valence-corrected chi connectivity index (χ4v) is 3.74. The van der Waals surface area contributed by atoms with Gasteiger partial charge in [-0.05, 0) is 31.5 Å². The molecule has 1 aliphatic rings. The molecule has 7 heteroatoms. The van der Waals surface area contributed by atoms with Crippen LogP contribution in [0.2, 0.25) is 0 Å². The van der Waals surface area contributed by atoms with Gasteiger partial charge in [0.25, 0.3) is 0 Å². The van der Waals surface area contributed by atoms with Crippen molar-refractivity contribution in [2.75, 3.05) is 19.2 Å². The molecule has 2 heterocycles. The highest BCUT2D eigenvalue weighted by molar-refractivity contribution is 7.99. The van der Waals surface area contributed by atoms with E-state index >= 15 is 0 Å². The molecule has 0 radical (unpaired) electrons. The van der Waals surface area contributed by atoms with Crippen molar-refractivity contribution in [1.29, 1.82) is 0 Å². The van der Waals surface area contributed by atoms with Crippen LogP contribution in [0.3, 0.4) is 0 Å². The first-order chi connectivity index (χ1) is 13.7. The molecule has 0 amide bonds. The van der Waals surface area contributed by atoms with Crippen LogP contribution >= 0.6 is 11.8 Å². The van der Waals surface area contributed by atoms with Gasteiger partial charge in [0.05, 0.1) is 19.3 Å². The summed E-state index contributed by atoms with van der Waals surface area (Å²) < 4.78 is 18.7. The summed E-state index contributed by atoms with van der Waals surface area (Å²) in [5.41, 5.74) is 2.16. The molecular formula is C21H23N3O3S. The van der Waals surface area contributed by atoms with Gasteiger partial charge in [0, 0.05) is 11.3 Å². The summed E-state index contributed by atoms with van der Waals surface area (Å²) in [6.07, 6.45) is 0.229. The first-order valence-corrected chi connectivity index (χ1v) is 10.3. The molecule has 0 atom stereocenters. The molecule has 28 heavy (non-hydrogen) atoms. The van der Waals surface area contributed by atoms with Crippen molar-refractivity contribution in [2.45, 2.75) is 31.7 Å². The number of ether oxygens (including phenoxy) is 3. The zero-order valence-corrected chi connectivity index (χ0v) is 16.8. The Balaban J connectivity index is 1.59. The van der Waals surface area contributed by atoms with E-state index < -0.39 is 0 Å². The summed E-state index contributed by atoms with van der Waals surface area (Å²) >= 11 is 1.66. The second-order valence-electron chi connectivity index (χ2n) is 6.71.